The molecule has 1 saturated heterocycles. The van der Waals surface area contributed by atoms with Crippen LogP contribution in [0.15, 0.2) is 0 Å². The van der Waals surface area contributed by atoms with Crippen molar-refractivity contribution in [2.75, 3.05) is 13.2 Å². The Hall–Kier alpha value is -1.10. The highest BCUT2D eigenvalue weighted by atomic mass is 16.5. The van der Waals surface area contributed by atoms with Crippen molar-refractivity contribution in [3.8, 4) is 0 Å². The zero-order valence-corrected chi connectivity index (χ0v) is 10.9. The Labute approximate surface area is 107 Å². The lowest BCUT2D eigenvalue weighted by molar-refractivity contribution is -0.145. The van der Waals surface area contributed by atoms with Gasteiger partial charge in [0.2, 0.25) is 5.91 Å². The first-order valence-corrected chi connectivity index (χ1v) is 6.53. The number of carboxylic acid groups (broad SMARTS) is 1. The summed E-state index contributed by atoms with van der Waals surface area (Å²) in [4.78, 5) is 23.2. The van der Waals surface area contributed by atoms with Crippen molar-refractivity contribution in [2.45, 2.75) is 39.2 Å². The Morgan fingerprint density at radius 1 is 1.44 bits per heavy atom. The molecule has 2 aliphatic rings. The van der Waals surface area contributed by atoms with Crippen LogP contribution in [0.4, 0.5) is 0 Å². The van der Waals surface area contributed by atoms with Gasteiger partial charge in [-0.1, -0.05) is 13.8 Å². The Morgan fingerprint density at radius 3 is 2.56 bits per heavy atom. The van der Waals surface area contributed by atoms with Gasteiger partial charge in [0.15, 0.2) is 0 Å². The maximum absolute atomic E-state index is 12.0. The van der Waals surface area contributed by atoms with Gasteiger partial charge in [0, 0.05) is 18.4 Å². The zero-order chi connectivity index (χ0) is 13.3. The van der Waals surface area contributed by atoms with Crippen molar-refractivity contribution < 1.29 is 19.4 Å². The van der Waals surface area contributed by atoms with Gasteiger partial charge < -0.3 is 15.2 Å². The van der Waals surface area contributed by atoms with Gasteiger partial charge in [-0.15, -0.1) is 0 Å². The Morgan fingerprint density at radius 2 is 2.11 bits per heavy atom. The van der Waals surface area contributed by atoms with Crippen molar-refractivity contribution in [2.24, 2.45) is 17.3 Å². The molecule has 1 heterocycles. The first kappa shape index (κ1) is 13.3. The SMILES string of the molecule is CC1(C)CC1C(=O)NC(C(=O)O)C1CCCOC1. The maximum Gasteiger partial charge on any atom is 0.326 e. The molecule has 0 bridgehead atoms. The van der Waals surface area contributed by atoms with Crippen LogP contribution in [-0.2, 0) is 14.3 Å². The largest absolute Gasteiger partial charge is 0.480 e. The van der Waals surface area contributed by atoms with E-state index in [-0.39, 0.29) is 23.2 Å². The fourth-order valence-corrected chi connectivity index (χ4v) is 2.58. The highest BCUT2D eigenvalue weighted by Gasteiger charge is 2.51. The number of carbonyl (C=O) groups is 2. The summed E-state index contributed by atoms with van der Waals surface area (Å²) in [7, 11) is 0. The molecule has 2 rings (SSSR count). The minimum atomic E-state index is -0.961. The first-order valence-electron chi connectivity index (χ1n) is 6.53. The molecule has 1 aliphatic heterocycles. The summed E-state index contributed by atoms with van der Waals surface area (Å²) in [6.45, 7) is 5.16. The second-order valence-electron chi connectivity index (χ2n) is 6.05. The molecule has 0 aromatic carbocycles. The minimum absolute atomic E-state index is 0.0240. The van der Waals surface area contributed by atoms with Crippen LogP contribution in [0.2, 0.25) is 0 Å². The van der Waals surface area contributed by atoms with E-state index in [4.69, 9.17) is 4.74 Å². The summed E-state index contributed by atoms with van der Waals surface area (Å²) in [5, 5.41) is 11.9. The van der Waals surface area contributed by atoms with E-state index in [0.29, 0.717) is 13.2 Å². The highest BCUT2D eigenvalue weighted by Crippen LogP contribution is 2.51. The lowest BCUT2D eigenvalue weighted by Crippen LogP contribution is -2.49. The first-order chi connectivity index (χ1) is 8.42. The molecule has 5 heteroatoms. The fourth-order valence-electron chi connectivity index (χ4n) is 2.58. The minimum Gasteiger partial charge on any atom is -0.480 e. The van der Waals surface area contributed by atoms with Crippen molar-refractivity contribution in [3.05, 3.63) is 0 Å². The van der Waals surface area contributed by atoms with E-state index in [0.717, 1.165) is 19.3 Å². The van der Waals surface area contributed by atoms with Crippen molar-refractivity contribution >= 4 is 11.9 Å². The van der Waals surface area contributed by atoms with Crippen molar-refractivity contribution in [1.82, 2.24) is 5.32 Å². The average molecular weight is 255 g/mol. The second-order valence-corrected chi connectivity index (χ2v) is 6.05. The molecule has 18 heavy (non-hydrogen) atoms. The van der Waals surface area contributed by atoms with Gasteiger partial charge in [-0.25, -0.2) is 4.79 Å². The van der Waals surface area contributed by atoms with E-state index in [1.807, 2.05) is 13.8 Å². The molecular formula is C13H21NO4. The second kappa shape index (κ2) is 4.88. The lowest BCUT2D eigenvalue weighted by atomic mass is 9.93. The molecule has 0 radical (unpaired) electrons. The molecule has 1 amide bonds. The standard InChI is InChI=1S/C13H21NO4/c1-13(2)6-9(13)11(15)14-10(12(16)17)8-4-3-5-18-7-8/h8-10H,3-7H2,1-2H3,(H,14,15)(H,16,17). The number of amides is 1. The van der Waals surface area contributed by atoms with E-state index in [1.54, 1.807) is 0 Å². The summed E-state index contributed by atoms with van der Waals surface area (Å²) >= 11 is 0. The number of nitrogens with one attached hydrogen (secondary N) is 1. The Kier molecular flexibility index (Phi) is 3.61. The molecular weight excluding hydrogens is 234 g/mol. The number of hydrogen-bond donors (Lipinski definition) is 2. The van der Waals surface area contributed by atoms with Crippen LogP contribution in [0.1, 0.15) is 33.1 Å². The van der Waals surface area contributed by atoms with Gasteiger partial charge in [0.25, 0.3) is 0 Å². The third-order valence-electron chi connectivity index (χ3n) is 4.06. The molecule has 0 spiro atoms. The van der Waals surface area contributed by atoms with E-state index >= 15 is 0 Å². The summed E-state index contributed by atoms with van der Waals surface area (Å²) in [6.07, 6.45) is 2.50. The zero-order valence-electron chi connectivity index (χ0n) is 10.9. The third-order valence-corrected chi connectivity index (χ3v) is 4.06. The number of rotatable bonds is 4. The van der Waals surface area contributed by atoms with Gasteiger partial charge in [0.05, 0.1) is 6.61 Å². The van der Waals surface area contributed by atoms with Crippen LogP contribution in [0, 0.1) is 17.3 Å². The molecule has 102 valence electrons. The smallest absolute Gasteiger partial charge is 0.326 e. The quantitative estimate of drug-likeness (QED) is 0.786. The normalized spacial score (nSPS) is 31.4. The monoisotopic (exact) mass is 255 g/mol. The highest BCUT2D eigenvalue weighted by molar-refractivity contribution is 5.87. The van der Waals surface area contributed by atoms with Crippen molar-refractivity contribution in [1.29, 1.82) is 0 Å². The molecule has 2 N–H and O–H groups in total. The predicted octanol–water partition coefficient (Wildman–Crippen LogP) is 1.03. The molecule has 3 atom stereocenters. The molecule has 2 fully saturated rings. The van der Waals surface area contributed by atoms with Crippen LogP contribution in [0.25, 0.3) is 0 Å². The number of carbonyl (C=O) groups excluding carboxylic acids is 1. The summed E-state index contributed by atoms with van der Waals surface area (Å²) < 4.78 is 5.30. The van der Waals surface area contributed by atoms with Crippen molar-refractivity contribution in [3.63, 3.8) is 0 Å². The molecule has 5 nitrogen and oxygen atoms in total. The number of aliphatic carboxylic acids is 1. The summed E-state index contributed by atoms with van der Waals surface area (Å²) in [6, 6.07) is -0.811. The van der Waals surface area contributed by atoms with Gasteiger partial charge in [-0.3, -0.25) is 4.79 Å². The number of hydrogen-bond acceptors (Lipinski definition) is 3. The van der Waals surface area contributed by atoms with Gasteiger partial charge in [-0.05, 0) is 24.7 Å². The lowest BCUT2D eigenvalue weighted by Gasteiger charge is -2.28. The molecule has 0 aromatic heterocycles. The van der Waals surface area contributed by atoms with Gasteiger partial charge in [0.1, 0.15) is 6.04 Å². The van der Waals surface area contributed by atoms with Crippen LogP contribution in [-0.4, -0.2) is 36.2 Å². The molecule has 0 aromatic rings. The summed E-state index contributed by atoms with van der Waals surface area (Å²) in [5.41, 5.74) is 0.0240. The van der Waals surface area contributed by atoms with Gasteiger partial charge in [-0.2, -0.15) is 0 Å². The van der Waals surface area contributed by atoms with Crippen LogP contribution < -0.4 is 5.32 Å². The maximum atomic E-state index is 12.0. The Balaban J connectivity index is 1.94. The van der Waals surface area contributed by atoms with Crippen LogP contribution >= 0.6 is 0 Å². The number of carboxylic acids is 1. The predicted molar refractivity (Wildman–Crippen MR) is 65.0 cm³/mol. The van der Waals surface area contributed by atoms with E-state index < -0.39 is 12.0 Å². The van der Waals surface area contributed by atoms with E-state index in [1.165, 1.54) is 0 Å². The average Bonchev–Trinajstić information content (AvgIpc) is 2.96. The topological polar surface area (TPSA) is 75.6 Å². The summed E-state index contributed by atoms with van der Waals surface area (Å²) in [5.74, 6) is -1.23. The van der Waals surface area contributed by atoms with Crippen LogP contribution in [0.3, 0.4) is 0 Å². The van der Waals surface area contributed by atoms with E-state index in [2.05, 4.69) is 5.32 Å². The van der Waals surface area contributed by atoms with Crippen LogP contribution in [0.5, 0.6) is 0 Å². The van der Waals surface area contributed by atoms with E-state index in [9.17, 15) is 14.7 Å². The Bertz CT molecular complexity index is 347. The third kappa shape index (κ3) is 2.83. The molecule has 1 saturated carbocycles. The van der Waals surface area contributed by atoms with Gasteiger partial charge >= 0.3 is 5.97 Å². The molecule has 1 aliphatic carbocycles. The number of ether oxygens (including phenoxy) is 1. The molecule has 3 unspecified atom stereocenters. The fraction of sp³-hybridized carbons (Fsp3) is 0.846.